The van der Waals surface area contributed by atoms with Crippen LogP contribution in [0.4, 0.5) is 0 Å². The monoisotopic (exact) mass is 311 g/mol. The fraction of sp³-hybridized carbons (Fsp3) is 0.267. The molecule has 0 radical (unpaired) electrons. The normalized spacial score (nSPS) is 10.4. The Morgan fingerprint density at radius 1 is 1.20 bits per heavy atom. The van der Waals surface area contributed by atoms with Gasteiger partial charge < -0.3 is 9.47 Å². The second-order valence-electron chi connectivity index (χ2n) is 4.39. The Bertz CT molecular complexity index is 577. The molecule has 0 aliphatic rings. The summed E-state index contributed by atoms with van der Waals surface area (Å²) in [5.41, 5.74) is 2.88. The molecule has 0 amide bonds. The fourth-order valence-electron chi connectivity index (χ4n) is 1.89. The minimum Gasteiger partial charge on any atom is -0.493 e. The molecule has 0 atom stereocenters. The summed E-state index contributed by atoms with van der Waals surface area (Å²) in [7, 11) is 1.57. The van der Waals surface area contributed by atoms with E-state index in [4.69, 9.17) is 32.7 Å². The van der Waals surface area contributed by atoms with Gasteiger partial charge in [0.25, 0.3) is 0 Å². The summed E-state index contributed by atoms with van der Waals surface area (Å²) in [4.78, 5) is 4.14. The molecule has 1 aromatic carbocycles. The quantitative estimate of drug-likeness (QED) is 0.768. The molecule has 0 unspecified atom stereocenters. The number of nitrogens with zero attached hydrogens (tertiary/aromatic N) is 1. The molecule has 0 fully saturated rings. The minimum absolute atomic E-state index is 0.304. The van der Waals surface area contributed by atoms with Crippen molar-refractivity contribution >= 4 is 23.2 Å². The van der Waals surface area contributed by atoms with Crippen molar-refractivity contribution in [2.75, 3.05) is 7.11 Å². The number of halogens is 2. The third kappa shape index (κ3) is 3.56. The number of aryl methyl sites for hydroxylation is 1. The van der Waals surface area contributed by atoms with Gasteiger partial charge in [0, 0.05) is 34.6 Å². The van der Waals surface area contributed by atoms with Crippen LogP contribution in [0, 0.1) is 6.92 Å². The zero-order valence-corrected chi connectivity index (χ0v) is 12.8. The second-order valence-corrected chi connectivity index (χ2v) is 5.09. The Labute approximate surface area is 128 Å². The number of alkyl halides is 1. The molecule has 1 heterocycles. The molecule has 2 aromatic rings. The van der Waals surface area contributed by atoms with Crippen LogP contribution in [-0.2, 0) is 12.5 Å². The first-order chi connectivity index (χ1) is 9.63. The van der Waals surface area contributed by atoms with Gasteiger partial charge in [0.15, 0.2) is 11.5 Å². The predicted octanol–water partition coefficient (Wildman–Crippen LogP) is 4.37. The molecular weight excluding hydrogens is 297 g/mol. The predicted molar refractivity (Wildman–Crippen MR) is 80.9 cm³/mol. The van der Waals surface area contributed by atoms with E-state index in [1.165, 1.54) is 0 Å². The van der Waals surface area contributed by atoms with E-state index in [1.807, 2.05) is 13.0 Å². The molecule has 2 rings (SSSR count). The van der Waals surface area contributed by atoms with Crippen molar-refractivity contribution in [1.29, 1.82) is 0 Å². The lowest BCUT2D eigenvalue weighted by Gasteiger charge is -2.14. The van der Waals surface area contributed by atoms with Gasteiger partial charge in [0.05, 0.1) is 13.0 Å². The maximum absolute atomic E-state index is 6.01. The van der Waals surface area contributed by atoms with Crippen LogP contribution in [0.1, 0.15) is 16.7 Å². The van der Waals surface area contributed by atoms with Gasteiger partial charge in [-0.1, -0.05) is 11.6 Å². The highest BCUT2D eigenvalue weighted by Crippen LogP contribution is 2.36. The van der Waals surface area contributed by atoms with Crippen molar-refractivity contribution in [1.82, 2.24) is 4.98 Å². The molecule has 0 spiro atoms. The second kappa shape index (κ2) is 6.82. The smallest absolute Gasteiger partial charge is 0.166 e. The van der Waals surface area contributed by atoms with Crippen LogP contribution in [0.15, 0.2) is 30.6 Å². The third-order valence-electron chi connectivity index (χ3n) is 2.78. The largest absolute Gasteiger partial charge is 0.493 e. The number of hydrogen-bond acceptors (Lipinski definition) is 3. The number of pyridine rings is 1. The molecule has 5 heteroatoms. The third-order valence-corrected chi connectivity index (χ3v) is 3.28. The number of ether oxygens (including phenoxy) is 2. The summed E-state index contributed by atoms with van der Waals surface area (Å²) in [6, 6.07) is 5.51. The zero-order valence-electron chi connectivity index (χ0n) is 11.3. The van der Waals surface area contributed by atoms with Crippen LogP contribution in [0.3, 0.4) is 0 Å². The lowest BCUT2D eigenvalue weighted by molar-refractivity contribution is 0.282. The summed E-state index contributed by atoms with van der Waals surface area (Å²) in [6.45, 7) is 2.39. The van der Waals surface area contributed by atoms with Gasteiger partial charge in [-0.05, 0) is 24.6 Å². The average Bonchev–Trinajstić information content (AvgIpc) is 2.45. The lowest BCUT2D eigenvalue weighted by Crippen LogP contribution is -2.01. The minimum atomic E-state index is 0.304. The molecule has 0 bridgehead atoms. The van der Waals surface area contributed by atoms with E-state index in [-0.39, 0.29) is 0 Å². The van der Waals surface area contributed by atoms with Gasteiger partial charge in [0.2, 0.25) is 0 Å². The van der Waals surface area contributed by atoms with Gasteiger partial charge in [-0.25, -0.2) is 0 Å². The topological polar surface area (TPSA) is 31.4 Å². The molecule has 106 valence electrons. The van der Waals surface area contributed by atoms with Crippen LogP contribution in [-0.4, -0.2) is 12.1 Å². The van der Waals surface area contributed by atoms with Crippen molar-refractivity contribution in [3.8, 4) is 11.5 Å². The van der Waals surface area contributed by atoms with E-state index in [0.29, 0.717) is 29.0 Å². The first kappa shape index (κ1) is 14.9. The van der Waals surface area contributed by atoms with E-state index in [0.717, 1.165) is 16.7 Å². The SMILES string of the molecule is COc1cc(Cl)cc(CCl)c1OCc1cncc(C)c1. The van der Waals surface area contributed by atoms with Gasteiger partial charge in [0.1, 0.15) is 6.61 Å². The Hall–Kier alpha value is -1.45. The average molecular weight is 312 g/mol. The highest BCUT2D eigenvalue weighted by molar-refractivity contribution is 6.31. The van der Waals surface area contributed by atoms with Crippen molar-refractivity contribution < 1.29 is 9.47 Å². The van der Waals surface area contributed by atoms with E-state index < -0.39 is 0 Å². The summed E-state index contributed by atoms with van der Waals surface area (Å²) in [5.74, 6) is 1.50. The number of rotatable bonds is 5. The van der Waals surface area contributed by atoms with Crippen LogP contribution >= 0.6 is 23.2 Å². The molecular formula is C15H15Cl2NO2. The molecule has 0 saturated heterocycles. The standard InChI is InChI=1S/C15H15Cl2NO2/c1-10-3-11(8-18-7-10)9-20-15-12(6-16)4-13(17)5-14(15)19-2/h3-5,7-8H,6,9H2,1-2H3. The van der Waals surface area contributed by atoms with Crippen molar-refractivity contribution in [2.45, 2.75) is 19.4 Å². The van der Waals surface area contributed by atoms with Crippen molar-refractivity contribution in [3.05, 3.63) is 52.3 Å². The number of aromatic nitrogens is 1. The van der Waals surface area contributed by atoms with E-state index in [1.54, 1.807) is 31.6 Å². The Kier molecular flexibility index (Phi) is 5.10. The van der Waals surface area contributed by atoms with Gasteiger partial charge >= 0.3 is 0 Å². The van der Waals surface area contributed by atoms with Crippen LogP contribution < -0.4 is 9.47 Å². The molecule has 3 nitrogen and oxygen atoms in total. The first-order valence-electron chi connectivity index (χ1n) is 6.09. The maximum Gasteiger partial charge on any atom is 0.166 e. The van der Waals surface area contributed by atoms with Crippen LogP contribution in [0.2, 0.25) is 5.02 Å². The van der Waals surface area contributed by atoms with Gasteiger partial charge in [-0.3, -0.25) is 4.98 Å². The summed E-state index contributed by atoms with van der Waals surface area (Å²) >= 11 is 11.9. The molecule has 0 saturated carbocycles. The van der Waals surface area contributed by atoms with Crippen molar-refractivity contribution in [3.63, 3.8) is 0 Å². The summed E-state index contributed by atoms with van der Waals surface area (Å²) < 4.78 is 11.1. The zero-order chi connectivity index (χ0) is 14.5. The van der Waals surface area contributed by atoms with Crippen molar-refractivity contribution in [2.24, 2.45) is 0 Å². The van der Waals surface area contributed by atoms with Gasteiger partial charge in [-0.2, -0.15) is 0 Å². The number of methoxy groups -OCH3 is 1. The lowest BCUT2D eigenvalue weighted by atomic mass is 10.2. The molecule has 0 aliphatic heterocycles. The molecule has 0 aliphatic carbocycles. The Morgan fingerprint density at radius 3 is 2.65 bits per heavy atom. The Morgan fingerprint density at radius 2 is 2.00 bits per heavy atom. The number of hydrogen-bond donors (Lipinski definition) is 0. The number of benzene rings is 1. The Balaban J connectivity index is 2.24. The van der Waals surface area contributed by atoms with Crippen LogP contribution in [0.25, 0.3) is 0 Å². The van der Waals surface area contributed by atoms with E-state index in [2.05, 4.69) is 4.98 Å². The first-order valence-corrected chi connectivity index (χ1v) is 7.01. The molecule has 1 aromatic heterocycles. The molecule has 20 heavy (non-hydrogen) atoms. The molecule has 0 N–H and O–H groups in total. The summed E-state index contributed by atoms with van der Waals surface area (Å²) in [6.07, 6.45) is 3.58. The fourth-order valence-corrected chi connectivity index (χ4v) is 2.32. The van der Waals surface area contributed by atoms with E-state index in [9.17, 15) is 0 Å². The van der Waals surface area contributed by atoms with Crippen LogP contribution in [0.5, 0.6) is 11.5 Å². The van der Waals surface area contributed by atoms with Gasteiger partial charge in [-0.15, -0.1) is 11.6 Å². The highest BCUT2D eigenvalue weighted by atomic mass is 35.5. The highest BCUT2D eigenvalue weighted by Gasteiger charge is 2.12. The maximum atomic E-state index is 6.01. The van der Waals surface area contributed by atoms with E-state index >= 15 is 0 Å². The summed E-state index contributed by atoms with van der Waals surface area (Å²) in [5, 5.41) is 0.571.